The summed E-state index contributed by atoms with van der Waals surface area (Å²) in [7, 11) is 0. The van der Waals surface area contributed by atoms with Crippen molar-refractivity contribution in [3.05, 3.63) is 77.4 Å². The van der Waals surface area contributed by atoms with Gasteiger partial charge in [-0.25, -0.2) is 0 Å². The van der Waals surface area contributed by atoms with E-state index in [0.29, 0.717) is 18.5 Å². The Morgan fingerprint density at radius 1 is 0.958 bits per heavy atom. The van der Waals surface area contributed by atoms with Crippen LogP contribution in [-0.2, 0) is 22.4 Å². The zero-order valence-electron chi connectivity index (χ0n) is 14.2. The van der Waals surface area contributed by atoms with Crippen LogP contribution in [-0.4, -0.2) is 11.7 Å². The van der Waals surface area contributed by atoms with Gasteiger partial charge in [0.2, 0.25) is 5.91 Å². The van der Waals surface area contributed by atoms with Gasteiger partial charge in [-0.3, -0.25) is 9.59 Å². The Labute approximate surface area is 143 Å². The van der Waals surface area contributed by atoms with Crippen LogP contribution in [0.2, 0.25) is 0 Å². The van der Waals surface area contributed by atoms with Gasteiger partial charge in [-0.2, -0.15) is 0 Å². The topological polar surface area (TPSA) is 46.2 Å². The summed E-state index contributed by atoms with van der Waals surface area (Å²) in [6, 6.07) is 17.1. The van der Waals surface area contributed by atoms with E-state index in [1.54, 1.807) is 0 Å². The van der Waals surface area contributed by atoms with Crippen LogP contribution < -0.4 is 5.32 Å². The first-order chi connectivity index (χ1) is 11.6. The van der Waals surface area contributed by atoms with Crippen LogP contribution in [0, 0.1) is 0 Å². The molecule has 0 spiro atoms. The van der Waals surface area contributed by atoms with Gasteiger partial charge in [-0.1, -0.05) is 61.5 Å². The predicted molar refractivity (Wildman–Crippen MR) is 98.0 cm³/mol. The molecule has 0 aromatic heterocycles. The van der Waals surface area contributed by atoms with Gasteiger partial charge >= 0.3 is 0 Å². The van der Waals surface area contributed by atoms with E-state index in [0.717, 1.165) is 23.1 Å². The molecule has 0 atom stereocenters. The van der Waals surface area contributed by atoms with Crippen molar-refractivity contribution < 1.29 is 9.59 Å². The van der Waals surface area contributed by atoms with E-state index in [2.05, 4.69) is 5.32 Å². The van der Waals surface area contributed by atoms with E-state index >= 15 is 0 Å². The molecule has 1 amide bonds. The molecule has 124 valence electrons. The molecule has 0 aliphatic heterocycles. The number of rotatable bonds is 7. The van der Waals surface area contributed by atoms with Gasteiger partial charge in [-0.05, 0) is 36.1 Å². The predicted octanol–water partition coefficient (Wildman–Crippen LogP) is 4.34. The second-order valence-corrected chi connectivity index (χ2v) is 5.76. The van der Waals surface area contributed by atoms with Gasteiger partial charge in [0, 0.05) is 12.1 Å². The molecule has 3 nitrogen and oxygen atoms in total. The fraction of sp³-hybridized carbons (Fsp3) is 0.238. The minimum absolute atomic E-state index is 0.0816. The molecular formula is C21H23NO2. The van der Waals surface area contributed by atoms with Crippen LogP contribution in [0.15, 0.2) is 66.2 Å². The number of carbonyl (C=O) groups is 2. The minimum Gasteiger partial charge on any atom is -0.326 e. The number of para-hydroxylation sites is 1. The zero-order valence-corrected chi connectivity index (χ0v) is 14.2. The number of hydrogen-bond donors (Lipinski definition) is 1. The van der Waals surface area contributed by atoms with E-state index in [1.165, 1.54) is 0 Å². The van der Waals surface area contributed by atoms with Crippen molar-refractivity contribution in [3.63, 3.8) is 0 Å². The molecule has 24 heavy (non-hydrogen) atoms. The molecule has 0 bridgehead atoms. The molecule has 2 rings (SSSR count). The standard InChI is InChI=1S/C21H23NO2/c1-3-9-16(2)20(23)15-18-12-7-8-13-19(18)22-21(24)14-17-10-5-4-6-11-17/h4-13H,3,14-15H2,1-2H3,(H,22,24)/b16-9+. The molecule has 2 aromatic rings. The Morgan fingerprint density at radius 3 is 2.33 bits per heavy atom. The van der Waals surface area contributed by atoms with Crippen LogP contribution in [0.25, 0.3) is 0 Å². The number of Topliss-reactive ketones (excluding diaryl/α,β-unsaturated/α-hetero) is 1. The highest BCUT2D eigenvalue weighted by Crippen LogP contribution is 2.18. The monoisotopic (exact) mass is 321 g/mol. The van der Waals surface area contributed by atoms with Crippen molar-refractivity contribution >= 4 is 17.4 Å². The second kappa shape index (κ2) is 8.82. The van der Waals surface area contributed by atoms with Gasteiger partial charge in [0.05, 0.1) is 6.42 Å². The number of ketones is 1. The molecule has 0 aliphatic rings. The van der Waals surface area contributed by atoms with Gasteiger partial charge in [0.1, 0.15) is 0 Å². The lowest BCUT2D eigenvalue weighted by Crippen LogP contribution is -2.16. The first-order valence-electron chi connectivity index (χ1n) is 8.21. The molecule has 0 saturated carbocycles. The summed E-state index contributed by atoms with van der Waals surface area (Å²) in [4.78, 5) is 24.5. The Bertz CT molecular complexity index is 733. The Hall–Kier alpha value is -2.68. The zero-order chi connectivity index (χ0) is 17.4. The largest absolute Gasteiger partial charge is 0.326 e. The molecule has 0 fully saturated rings. The quantitative estimate of drug-likeness (QED) is 0.771. The highest BCUT2D eigenvalue weighted by Gasteiger charge is 2.11. The fourth-order valence-electron chi connectivity index (χ4n) is 2.50. The van der Waals surface area contributed by atoms with Crippen LogP contribution in [0.5, 0.6) is 0 Å². The lowest BCUT2D eigenvalue weighted by atomic mass is 10.0. The maximum Gasteiger partial charge on any atom is 0.228 e. The maximum atomic E-state index is 12.3. The Balaban J connectivity index is 2.07. The SMILES string of the molecule is CC/C=C(\C)C(=O)Cc1ccccc1NC(=O)Cc1ccccc1. The first kappa shape index (κ1) is 17.7. The summed E-state index contributed by atoms with van der Waals surface area (Å²) >= 11 is 0. The van der Waals surface area contributed by atoms with Crippen molar-refractivity contribution in [2.45, 2.75) is 33.1 Å². The summed E-state index contributed by atoms with van der Waals surface area (Å²) in [6.07, 6.45) is 3.38. The fourth-order valence-corrected chi connectivity index (χ4v) is 2.50. The first-order valence-corrected chi connectivity index (χ1v) is 8.21. The third-order valence-electron chi connectivity index (χ3n) is 3.80. The average Bonchev–Trinajstić information content (AvgIpc) is 2.57. The van der Waals surface area contributed by atoms with Crippen molar-refractivity contribution in [1.29, 1.82) is 0 Å². The van der Waals surface area contributed by atoms with E-state index in [4.69, 9.17) is 0 Å². The summed E-state index contributed by atoms with van der Waals surface area (Å²) < 4.78 is 0. The second-order valence-electron chi connectivity index (χ2n) is 5.76. The molecule has 0 heterocycles. The lowest BCUT2D eigenvalue weighted by molar-refractivity contribution is -0.116. The third-order valence-corrected chi connectivity index (χ3v) is 3.80. The number of allylic oxidation sites excluding steroid dienone is 2. The van der Waals surface area contributed by atoms with E-state index in [-0.39, 0.29) is 11.7 Å². The summed E-state index contributed by atoms with van der Waals surface area (Å²) in [5.74, 6) is 0.00327. The van der Waals surface area contributed by atoms with E-state index in [1.807, 2.05) is 74.5 Å². The minimum atomic E-state index is -0.0816. The number of carbonyl (C=O) groups excluding carboxylic acids is 2. The molecule has 2 aromatic carbocycles. The van der Waals surface area contributed by atoms with Crippen LogP contribution in [0.4, 0.5) is 5.69 Å². The molecule has 0 saturated heterocycles. The average molecular weight is 321 g/mol. The van der Waals surface area contributed by atoms with Crippen LogP contribution in [0.3, 0.4) is 0 Å². The van der Waals surface area contributed by atoms with Gasteiger partial charge in [-0.15, -0.1) is 0 Å². The molecule has 1 N–H and O–H groups in total. The maximum absolute atomic E-state index is 12.3. The number of nitrogens with one attached hydrogen (secondary N) is 1. The normalized spacial score (nSPS) is 11.2. The molecule has 0 radical (unpaired) electrons. The molecule has 3 heteroatoms. The molecule has 0 aliphatic carbocycles. The highest BCUT2D eigenvalue weighted by atomic mass is 16.1. The van der Waals surface area contributed by atoms with E-state index in [9.17, 15) is 9.59 Å². The lowest BCUT2D eigenvalue weighted by Gasteiger charge is -2.11. The third kappa shape index (κ3) is 5.20. The van der Waals surface area contributed by atoms with Gasteiger partial charge < -0.3 is 5.32 Å². The number of hydrogen-bond acceptors (Lipinski definition) is 2. The number of amides is 1. The Morgan fingerprint density at radius 2 is 1.62 bits per heavy atom. The smallest absolute Gasteiger partial charge is 0.228 e. The number of anilines is 1. The van der Waals surface area contributed by atoms with Gasteiger partial charge in [0.15, 0.2) is 5.78 Å². The van der Waals surface area contributed by atoms with Crippen LogP contribution >= 0.6 is 0 Å². The van der Waals surface area contributed by atoms with Crippen LogP contribution in [0.1, 0.15) is 31.4 Å². The summed E-state index contributed by atoms with van der Waals surface area (Å²) in [5.41, 5.74) is 3.28. The van der Waals surface area contributed by atoms with Crippen molar-refractivity contribution in [2.75, 3.05) is 5.32 Å². The van der Waals surface area contributed by atoms with Crippen molar-refractivity contribution in [3.8, 4) is 0 Å². The van der Waals surface area contributed by atoms with E-state index < -0.39 is 0 Å². The van der Waals surface area contributed by atoms with Crippen molar-refractivity contribution in [2.24, 2.45) is 0 Å². The van der Waals surface area contributed by atoms with Gasteiger partial charge in [0.25, 0.3) is 0 Å². The molecular weight excluding hydrogens is 298 g/mol. The highest BCUT2D eigenvalue weighted by molar-refractivity contribution is 5.98. The molecule has 0 unspecified atom stereocenters. The summed E-state index contributed by atoms with van der Waals surface area (Å²) in [5, 5.41) is 2.92. The summed E-state index contributed by atoms with van der Waals surface area (Å²) in [6.45, 7) is 3.84. The Kier molecular flexibility index (Phi) is 6.50. The van der Waals surface area contributed by atoms with Crippen molar-refractivity contribution in [1.82, 2.24) is 0 Å². The number of benzene rings is 2.